The van der Waals surface area contributed by atoms with Gasteiger partial charge < -0.3 is 4.90 Å². The molecule has 1 heteroatoms. The van der Waals surface area contributed by atoms with Gasteiger partial charge in [-0.05, 0) is 54.5 Å². The number of para-hydroxylation sites is 1. The molecular weight excluding hydrogens is 302 g/mol. The number of fused-ring (bicyclic) bond motifs is 1. The largest absolute Gasteiger partial charge is 0.364 e. The Morgan fingerprint density at radius 3 is 2.24 bits per heavy atom. The van der Waals surface area contributed by atoms with Gasteiger partial charge in [0.15, 0.2) is 0 Å². The SMILES string of the molecule is c1ccc(CCCC2c3ccccc3CCN2c2ccccc2)cc1. The van der Waals surface area contributed by atoms with Gasteiger partial charge in [0, 0.05) is 12.2 Å². The first kappa shape index (κ1) is 16.0. The smallest absolute Gasteiger partial charge is 0.0545 e. The summed E-state index contributed by atoms with van der Waals surface area (Å²) in [6.07, 6.45) is 4.70. The number of rotatable bonds is 5. The molecule has 0 aliphatic carbocycles. The van der Waals surface area contributed by atoms with Crippen LogP contribution in [0.15, 0.2) is 84.9 Å². The highest BCUT2D eigenvalue weighted by Crippen LogP contribution is 2.36. The molecule has 0 saturated carbocycles. The fourth-order valence-corrected chi connectivity index (χ4v) is 4.04. The Balaban J connectivity index is 1.55. The van der Waals surface area contributed by atoms with Crippen LogP contribution in [0.5, 0.6) is 0 Å². The summed E-state index contributed by atoms with van der Waals surface area (Å²) in [5.41, 5.74) is 5.84. The summed E-state index contributed by atoms with van der Waals surface area (Å²) in [5, 5.41) is 0. The molecule has 1 atom stereocenters. The van der Waals surface area contributed by atoms with Crippen LogP contribution in [0.25, 0.3) is 0 Å². The minimum Gasteiger partial charge on any atom is -0.364 e. The van der Waals surface area contributed by atoms with E-state index >= 15 is 0 Å². The maximum Gasteiger partial charge on any atom is 0.0545 e. The molecule has 0 amide bonds. The Labute approximate surface area is 150 Å². The lowest BCUT2D eigenvalue weighted by molar-refractivity contribution is 0.526. The molecule has 1 aliphatic rings. The Kier molecular flexibility index (Phi) is 4.83. The summed E-state index contributed by atoms with van der Waals surface area (Å²) in [6.45, 7) is 1.11. The van der Waals surface area contributed by atoms with E-state index in [1.54, 1.807) is 0 Å². The average molecular weight is 327 g/mol. The van der Waals surface area contributed by atoms with E-state index in [1.165, 1.54) is 35.2 Å². The zero-order chi connectivity index (χ0) is 16.9. The third kappa shape index (κ3) is 3.61. The number of nitrogens with zero attached hydrogens (tertiary/aromatic N) is 1. The molecule has 1 unspecified atom stereocenters. The lowest BCUT2D eigenvalue weighted by atomic mass is 9.88. The van der Waals surface area contributed by atoms with E-state index in [-0.39, 0.29) is 0 Å². The van der Waals surface area contributed by atoms with Crippen LogP contribution in [0.2, 0.25) is 0 Å². The number of hydrogen-bond acceptors (Lipinski definition) is 1. The van der Waals surface area contributed by atoms with Gasteiger partial charge >= 0.3 is 0 Å². The van der Waals surface area contributed by atoms with Crippen molar-refractivity contribution >= 4 is 5.69 Å². The minimum absolute atomic E-state index is 0.482. The highest BCUT2D eigenvalue weighted by Gasteiger charge is 2.26. The van der Waals surface area contributed by atoms with Gasteiger partial charge in [-0.15, -0.1) is 0 Å². The fraction of sp³-hybridized carbons (Fsp3) is 0.250. The van der Waals surface area contributed by atoms with Gasteiger partial charge in [0.25, 0.3) is 0 Å². The summed E-state index contributed by atoms with van der Waals surface area (Å²) in [6, 6.07) is 31.2. The van der Waals surface area contributed by atoms with Gasteiger partial charge in [-0.2, -0.15) is 0 Å². The first-order chi connectivity index (χ1) is 12.4. The predicted molar refractivity (Wildman–Crippen MR) is 106 cm³/mol. The van der Waals surface area contributed by atoms with E-state index in [4.69, 9.17) is 0 Å². The summed E-state index contributed by atoms with van der Waals surface area (Å²) < 4.78 is 0. The molecule has 0 spiro atoms. The van der Waals surface area contributed by atoms with Crippen LogP contribution in [-0.4, -0.2) is 6.54 Å². The van der Waals surface area contributed by atoms with Gasteiger partial charge in [0.05, 0.1) is 6.04 Å². The normalized spacial score (nSPS) is 16.5. The molecule has 1 nitrogen and oxygen atoms in total. The van der Waals surface area contributed by atoms with E-state index in [9.17, 15) is 0 Å². The van der Waals surface area contributed by atoms with Crippen molar-refractivity contribution in [3.05, 3.63) is 102 Å². The van der Waals surface area contributed by atoms with Crippen molar-refractivity contribution in [1.29, 1.82) is 0 Å². The van der Waals surface area contributed by atoms with Crippen LogP contribution in [0.3, 0.4) is 0 Å². The first-order valence-corrected chi connectivity index (χ1v) is 9.35. The summed E-state index contributed by atoms with van der Waals surface area (Å²) in [7, 11) is 0. The van der Waals surface area contributed by atoms with E-state index in [2.05, 4.69) is 89.8 Å². The van der Waals surface area contributed by atoms with Gasteiger partial charge in [-0.3, -0.25) is 0 Å². The van der Waals surface area contributed by atoms with Crippen molar-refractivity contribution < 1.29 is 0 Å². The van der Waals surface area contributed by atoms with Crippen molar-refractivity contribution in [2.75, 3.05) is 11.4 Å². The van der Waals surface area contributed by atoms with E-state index < -0.39 is 0 Å². The molecule has 0 N–H and O–H groups in total. The Morgan fingerprint density at radius 2 is 1.44 bits per heavy atom. The third-order valence-electron chi connectivity index (χ3n) is 5.29. The van der Waals surface area contributed by atoms with Gasteiger partial charge in [-0.1, -0.05) is 72.8 Å². The lowest BCUT2D eigenvalue weighted by Crippen LogP contribution is -2.35. The van der Waals surface area contributed by atoms with Crippen LogP contribution in [-0.2, 0) is 12.8 Å². The molecule has 0 aromatic heterocycles. The molecule has 0 saturated heterocycles. The van der Waals surface area contributed by atoms with E-state index in [0.717, 1.165) is 19.4 Å². The van der Waals surface area contributed by atoms with Crippen LogP contribution in [0, 0.1) is 0 Å². The molecule has 4 rings (SSSR count). The summed E-state index contributed by atoms with van der Waals surface area (Å²) in [4.78, 5) is 2.60. The van der Waals surface area contributed by atoms with E-state index in [1.807, 2.05) is 0 Å². The van der Waals surface area contributed by atoms with Crippen LogP contribution < -0.4 is 4.90 Å². The summed E-state index contributed by atoms with van der Waals surface area (Å²) in [5.74, 6) is 0. The summed E-state index contributed by atoms with van der Waals surface area (Å²) >= 11 is 0. The highest BCUT2D eigenvalue weighted by molar-refractivity contribution is 5.52. The molecule has 3 aromatic rings. The molecule has 0 radical (unpaired) electrons. The van der Waals surface area contributed by atoms with Crippen molar-refractivity contribution in [3.8, 4) is 0 Å². The molecule has 0 bridgehead atoms. The number of benzene rings is 3. The molecule has 25 heavy (non-hydrogen) atoms. The number of aryl methyl sites for hydroxylation is 1. The zero-order valence-electron chi connectivity index (χ0n) is 14.6. The molecular formula is C24H25N. The maximum absolute atomic E-state index is 2.60. The second-order valence-corrected chi connectivity index (χ2v) is 6.87. The topological polar surface area (TPSA) is 3.24 Å². The minimum atomic E-state index is 0.482. The maximum atomic E-state index is 2.60. The quantitative estimate of drug-likeness (QED) is 0.571. The van der Waals surface area contributed by atoms with Crippen LogP contribution >= 0.6 is 0 Å². The fourth-order valence-electron chi connectivity index (χ4n) is 4.04. The number of hydrogen-bond donors (Lipinski definition) is 0. The molecule has 1 aliphatic heterocycles. The first-order valence-electron chi connectivity index (χ1n) is 9.35. The molecule has 1 heterocycles. The second kappa shape index (κ2) is 7.57. The average Bonchev–Trinajstić information content (AvgIpc) is 2.69. The molecule has 126 valence electrons. The number of anilines is 1. The van der Waals surface area contributed by atoms with Crippen molar-refractivity contribution in [2.45, 2.75) is 31.7 Å². The monoisotopic (exact) mass is 327 g/mol. The standard InChI is InChI=1S/C24H25N/c1-3-10-20(11-4-1)12-9-17-24-23-16-8-7-13-21(23)18-19-25(24)22-14-5-2-6-15-22/h1-8,10-11,13-16,24H,9,12,17-19H2. The predicted octanol–water partition coefficient (Wildman–Crippen LogP) is 5.81. The zero-order valence-corrected chi connectivity index (χ0v) is 14.6. The van der Waals surface area contributed by atoms with Crippen molar-refractivity contribution in [3.63, 3.8) is 0 Å². The van der Waals surface area contributed by atoms with Crippen LogP contribution in [0.1, 0.15) is 35.6 Å². The van der Waals surface area contributed by atoms with E-state index in [0.29, 0.717) is 6.04 Å². The molecule has 0 fully saturated rings. The third-order valence-corrected chi connectivity index (χ3v) is 5.29. The van der Waals surface area contributed by atoms with Gasteiger partial charge in [0.1, 0.15) is 0 Å². The Morgan fingerprint density at radius 1 is 0.760 bits per heavy atom. The molecule has 3 aromatic carbocycles. The second-order valence-electron chi connectivity index (χ2n) is 6.87. The Bertz CT molecular complexity index is 795. The van der Waals surface area contributed by atoms with Gasteiger partial charge in [0.2, 0.25) is 0 Å². The Hall–Kier alpha value is -2.54. The van der Waals surface area contributed by atoms with Crippen molar-refractivity contribution in [1.82, 2.24) is 0 Å². The van der Waals surface area contributed by atoms with Gasteiger partial charge in [-0.25, -0.2) is 0 Å². The lowest BCUT2D eigenvalue weighted by Gasteiger charge is -2.39. The van der Waals surface area contributed by atoms with Crippen LogP contribution in [0.4, 0.5) is 5.69 Å². The van der Waals surface area contributed by atoms with Crippen molar-refractivity contribution in [2.24, 2.45) is 0 Å². The highest BCUT2D eigenvalue weighted by atomic mass is 15.2.